The molecule has 2 aromatic heterocycles. The second kappa shape index (κ2) is 8.65. The summed E-state index contributed by atoms with van der Waals surface area (Å²) in [6.45, 7) is 1.50. The highest BCUT2D eigenvalue weighted by Crippen LogP contribution is 2.31. The predicted octanol–water partition coefficient (Wildman–Crippen LogP) is 1.99. The number of benzene rings is 1. The van der Waals surface area contributed by atoms with Gasteiger partial charge in [-0.05, 0) is 56.8 Å². The number of carbonyl (C=O) groups is 1. The third kappa shape index (κ3) is 4.61. The van der Waals surface area contributed by atoms with E-state index in [9.17, 15) is 4.79 Å². The van der Waals surface area contributed by atoms with E-state index in [4.69, 9.17) is 5.73 Å². The summed E-state index contributed by atoms with van der Waals surface area (Å²) < 4.78 is 0. The smallest absolute Gasteiger partial charge is 0.253 e. The molecule has 9 nitrogen and oxygen atoms in total. The molecule has 1 amide bonds. The van der Waals surface area contributed by atoms with Crippen molar-refractivity contribution in [2.45, 2.75) is 12.8 Å². The van der Waals surface area contributed by atoms with Crippen LogP contribution in [0.3, 0.4) is 0 Å². The Morgan fingerprint density at radius 2 is 1.81 bits per heavy atom. The second-order valence-corrected chi connectivity index (χ2v) is 7.89. The quantitative estimate of drug-likeness (QED) is 0.625. The van der Waals surface area contributed by atoms with E-state index >= 15 is 0 Å². The van der Waals surface area contributed by atoms with Crippen molar-refractivity contribution < 1.29 is 4.79 Å². The Morgan fingerprint density at radius 1 is 1.03 bits per heavy atom. The zero-order valence-corrected chi connectivity index (χ0v) is 18.0. The van der Waals surface area contributed by atoms with Crippen LogP contribution in [0.4, 0.5) is 17.6 Å². The Kier molecular flexibility index (Phi) is 5.77. The van der Waals surface area contributed by atoms with Crippen molar-refractivity contribution in [1.29, 1.82) is 0 Å². The minimum atomic E-state index is -0.00152. The maximum atomic E-state index is 12.6. The van der Waals surface area contributed by atoms with Gasteiger partial charge < -0.3 is 20.9 Å². The third-order valence-electron chi connectivity index (χ3n) is 5.25. The molecule has 1 aromatic carbocycles. The average Bonchev–Trinajstić information content (AvgIpc) is 2.77. The fourth-order valence-corrected chi connectivity index (χ4v) is 3.45. The number of nitrogen functional groups attached to an aromatic ring is 1. The van der Waals surface area contributed by atoms with E-state index in [0.29, 0.717) is 18.1 Å². The van der Waals surface area contributed by atoms with Gasteiger partial charge in [0, 0.05) is 49.3 Å². The predicted molar refractivity (Wildman–Crippen MR) is 120 cm³/mol. The van der Waals surface area contributed by atoms with Gasteiger partial charge in [0.2, 0.25) is 11.9 Å². The number of hydrogen-bond donors (Lipinski definition) is 2. The number of aromatic nitrogens is 4. The first-order valence-electron chi connectivity index (χ1n) is 10.2. The number of nitrogens with two attached hydrogens (primary N) is 1. The maximum absolute atomic E-state index is 12.6. The van der Waals surface area contributed by atoms with Crippen LogP contribution in [0, 0.1) is 0 Å². The Balaban J connectivity index is 1.46. The number of nitrogens with one attached hydrogen (secondary N) is 1. The van der Waals surface area contributed by atoms with Crippen LogP contribution in [0.25, 0.3) is 11.3 Å². The summed E-state index contributed by atoms with van der Waals surface area (Å²) in [5.41, 5.74) is 10.9. The highest BCUT2D eigenvalue weighted by atomic mass is 16.2. The van der Waals surface area contributed by atoms with Crippen LogP contribution < -0.4 is 11.1 Å². The molecule has 2 heterocycles. The van der Waals surface area contributed by atoms with E-state index in [1.54, 1.807) is 17.3 Å². The number of carbonyl (C=O) groups excluding carboxylic acids is 1. The molecule has 0 bridgehead atoms. The Hall–Kier alpha value is -3.59. The summed E-state index contributed by atoms with van der Waals surface area (Å²) >= 11 is 0. The number of hydrogen-bond acceptors (Lipinski definition) is 8. The zero-order valence-electron chi connectivity index (χ0n) is 18.0. The van der Waals surface area contributed by atoms with Gasteiger partial charge in [0.1, 0.15) is 0 Å². The molecule has 0 atom stereocenters. The van der Waals surface area contributed by atoms with Crippen LogP contribution in [-0.4, -0.2) is 69.9 Å². The summed E-state index contributed by atoms with van der Waals surface area (Å²) in [5, 5.41) is 3.21. The SMILES string of the molecule is CN(C)CCN(C)C(=O)c1ccc(Nc2ncc3c(n2)CCc2cnc(N)nc2-3)cc1. The zero-order chi connectivity index (χ0) is 22.0. The van der Waals surface area contributed by atoms with Gasteiger partial charge in [-0.15, -0.1) is 0 Å². The standard InChI is InChI=1S/C22H26N8O/c1-29(2)10-11-30(3)20(31)14-4-7-16(8-5-14)26-22-25-13-17-18(27-22)9-6-15-12-24-21(23)28-19(15)17/h4-5,7-8,12-13H,6,9-11H2,1-3H3,(H2,23,24,28)(H,25,26,27). The second-order valence-electron chi connectivity index (χ2n) is 7.89. The van der Waals surface area contributed by atoms with Crippen molar-refractivity contribution >= 4 is 23.5 Å². The Morgan fingerprint density at radius 3 is 2.55 bits per heavy atom. The molecular weight excluding hydrogens is 392 g/mol. The molecule has 0 saturated carbocycles. The largest absolute Gasteiger partial charge is 0.368 e. The minimum absolute atomic E-state index is 0.00152. The number of amides is 1. The topological polar surface area (TPSA) is 113 Å². The number of fused-ring (bicyclic) bond motifs is 3. The van der Waals surface area contributed by atoms with Crippen molar-refractivity contribution in [1.82, 2.24) is 29.7 Å². The van der Waals surface area contributed by atoms with Gasteiger partial charge in [0.25, 0.3) is 5.91 Å². The highest BCUT2D eigenvalue weighted by molar-refractivity contribution is 5.94. The lowest BCUT2D eigenvalue weighted by Gasteiger charge is -2.20. The average molecular weight is 419 g/mol. The molecule has 3 aromatic rings. The van der Waals surface area contributed by atoms with E-state index in [2.05, 4.69) is 30.2 Å². The molecule has 4 rings (SSSR count). The molecule has 31 heavy (non-hydrogen) atoms. The molecule has 9 heteroatoms. The monoisotopic (exact) mass is 418 g/mol. The van der Waals surface area contributed by atoms with Gasteiger partial charge in [-0.3, -0.25) is 4.79 Å². The lowest BCUT2D eigenvalue weighted by molar-refractivity contribution is 0.0786. The van der Waals surface area contributed by atoms with E-state index < -0.39 is 0 Å². The van der Waals surface area contributed by atoms with Crippen molar-refractivity contribution in [2.75, 3.05) is 45.3 Å². The summed E-state index contributed by atoms with van der Waals surface area (Å²) in [6, 6.07) is 7.34. The van der Waals surface area contributed by atoms with Crippen molar-refractivity contribution in [3.63, 3.8) is 0 Å². The fraction of sp³-hybridized carbons (Fsp3) is 0.318. The number of anilines is 3. The summed E-state index contributed by atoms with van der Waals surface area (Å²) in [4.78, 5) is 33.9. The van der Waals surface area contributed by atoms with E-state index in [1.165, 1.54) is 0 Å². The van der Waals surface area contributed by atoms with Gasteiger partial charge >= 0.3 is 0 Å². The minimum Gasteiger partial charge on any atom is -0.368 e. The Labute approximate surface area is 181 Å². The van der Waals surface area contributed by atoms with Gasteiger partial charge in [-0.1, -0.05) is 0 Å². The first-order valence-corrected chi connectivity index (χ1v) is 10.2. The molecule has 1 aliphatic carbocycles. The summed E-state index contributed by atoms with van der Waals surface area (Å²) in [6.07, 6.45) is 5.15. The van der Waals surface area contributed by atoms with Gasteiger partial charge in [-0.25, -0.2) is 19.9 Å². The third-order valence-corrected chi connectivity index (χ3v) is 5.25. The van der Waals surface area contributed by atoms with Gasteiger partial charge in [-0.2, -0.15) is 0 Å². The van der Waals surface area contributed by atoms with Crippen LogP contribution >= 0.6 is 0 Å². The maximum Gasteiger partial charge on any atom is 0.253 e. The van der Waals surface area contributed by atoms with Gasteiger partial charge in [0.05, 0.1) is 11.4 Å². The van der Waals surface area contributed by atoms with Crippen molar-refractivity contribution in [3.05, 3.63) is 53.5 Å². The molecule has 1 aliphatic rings. The normalized spacial score (nSPS) is 12.3. The van der Waals surface area contributed by atoms with Crippen LogP contribution in [0.1, 0.15) is 21.6 Å². The fourth-order valence-electron chi connectivity index (χ4n) is 3.45. The molecule has 0 unspecified atom stereocenters. The molecular formula is C22H26N8O. The van der Waals surface area contributed by atoms with Crippen molar-refractivity contribution in [3.8, 4) is 11.3 Å². The number of aryl methyl sites for hydroxylation is 2. The van der Waals surface area contributed by atoms with Gasteiger partial charge in [0.15, 0.2) is 0 Å². The lowest BCUT2D eigenvalue weighted by atomic mass is 9.95. The first-order chi connectivity index (χ1) is 14.9. The number of rotatable bonds is 6. The van der Waals surface area contributed by atoms with E-state index in [1.807, 2.05) is 45.4 Å². The molecule has 0 aliphatic heterocycles. The summed E-state index contributed by atoms with van der Waals surface area (Å²) in [7, 11) is 5.79. The van der Waals surface area contributed by atoms with Crippen LogP contribution in [-0.2, 0) is 12.8 Å². The molecule has 0 radical (unpaired) electrons. The Bertz CT molecular complexity index is 1100. The molecule has 0 fully saturated rings. The van der Waals surface area contributed by atoms with E-state index in [0.717, 1.165) is 47.6 Å². The lowest BCUT2D eigenvalue weighted by Crippen LogP contribution is -2.33. The molecule has 3 N–H and O–H groups in total. The molecule has 0 saturated heterocycles. The number of likely N-dealkylation sites (N-methyl/N-ethyl adjacent to an activating group) is 2. The molecule has 160 valence electrons. The van der Waals surface area contributed by atoms with Crippen LogP contribution in [0.2, 0.25) is 0 Å². The summed E-state index contributed by atoms with van der Waals surface area (Å²) in [5.74, 6) is 0.751. The highest BCUT2D eigenvalue weighted by Gasteiger charge is 2.20. The van der Waals surface area contributed by atoms with Crippen LogP contribution in [0.5, 0.6) is 0 Å². The molecule has 0 spiro atoms. The van der Waals surface area contributed by atoms with Crippen molar-refractivity contribution in [2.24, 2.45) is 0 Å². The van der Waals surface area contributed by atoms with E-state index in [-0.39, 0.29) is 11.9 Å². The number of nitrogens with zero attached hydrogens (tertiary/aromatic N) is 6. The van der Waals surface area contributed by atoms with Crippen LogP contribution in [0.15, 0.2) is 36.7 Å². The first kappa shape index (κ1) is 20.7.